The molecule has 0 bridgehead atoms. The fraction of sp³-hybridized carbons (Fsp3) is 0.500. The van der Waals surface area contributed by atoms with Gasteiger partial charge in [-0.05, 0) is 49.4 Å². The molecule has 0 aliphatic carbocycles. The van der Waals surface area contributed by atoms with Crippen molar-refractivity contribution in [3.05, 3.63) is 33.8 Å². The van der Waals surface area contributed by atoms with E-state index in [1.54, 1.807) is 53.1 Å². The molecule has 7 nitrogen and oxygen atoms in total. The van der Waals surface area contributed by atoms with E-state index in [1.807, 2.05) is 22.6 Å². The number of hydrogen-bond donors (Lipinski definition) is 0. The molecule has 0 spiro atoms. The number of carbonyl (C=O) groups is 2. The molecule has 0 saturated carbocycles. The van der Waals surface area contributed by atoms with Gasteiger partial charge in [0.05, 0.1) is 10.1 Å². The Morgan fingerprint density at radius 2 is 1.96 bits per heavy atom. The van der Waals surface area contributed by atoms with Gasteiger partial charge < -0.3 is 19.3 Å². The summed E-state index contributed by atoms with van der Waals surface area (Å²) < 4.78 is 24.6. The first-order chi connectivity index (χ1) is 12.5. The molecule has 0 fully saturated rings. The smallest absolute Gasteiger partial charge is 0.410 e. The standard InChI is InChI=1S/C18H25FIN3O4/c1-18(2,3)27-17(25)23(10-6-7-15(24)22(4)5)11-12-26-14-9-8-13(20)16(19)21-14/h6-9H,10-12H2,1-5H3/b7-6+. The number of rotatable bonds is 7. The second-order valence-electron chi connectivity index (χ2n) is 6.83. The highest BCUT2D eigenvalue weighted by Gasteiger charge is 2.21. The maximum absolute atomic E-state index is 13.5. The summed E-state index contributed by atoms with van der Waals surface area (Å²) in [5, 5.41) is 0. The van der Waals surface area contributed by atoms with Crippen LogP contribution in [0.5, 0.6) is 5.88 Å². The minimum absolute atomic E-state index is 0.0990. The van der Waals surface area contributed by atoms with Crippen LogP contribution in [0.4, 0.5) is 9.18 Å². The van der Waals surface area contributed by atoms with Crippen LogP contribution >= 0.6 is 22.6 Å². The number of aromatic nitrogens is 1. The zero-order valence-electron chi connectivity index (χ0n) is 16.2. The van der Waals surface area contributed by atoms with Crippen LogP contribution in [0.25, 0.3) is 0 Å². The molecule has 150 valence electrons. The fourth-order valence-electron chi connectivity index (χ4n) is 1.75. The van der Waals surface area contributed by atoms with Gasteiger partial charge in [0.15, 0.2) is 0 Å². The third kappa shape index (κ3) is 9.03. The van der Waals surface area contributed by atoms with Crippen molar-refractivity contribution in [1.82, 2.24) is 14.8 Å². The molecule has 9 heteroatoms. The van der Waals surface area contributed by atoms with E-state index in [9.17, 15) is 14.0 Å². The van der Waals surface area contributed by atoms with Gasteiger partial charge in [-0.1, -0.05) is 6.08 Å². The van der Waals surface area contributed by atoms with Crippen molar-refractivity contribution in [2.45, 2.75) is 26.4 Å². The largest absolute Gasteiger partial charge is 0.476 e. The first-order valence-electron chi connectivity index (χ1n) is 8.30. The van der Waals surface area contributed by atoms with Gasteiger partial charge in [0, 0.05) is 32.8 Å². The predicted octanol–water partition coefficient (Wildman–Crippen LogP) is 3.09. The Labute approximate surface area is 172 Å². The van der Waals surface area contributed by atoms with Crippen LogP contribution in [0.3, 0.4) is 0 Å². The normalized spacial score (nSPS) is 11.4. The second kappa shape index (κ2) is 10.4. The maximum Gasteiger partial charge on any atom is 0.410 e. The summed E-state index contributed by atoms with van der Waals surface area (Å²) in [7, 11) is 3.28. The van der Waals surface area contributed by atoms with Gasteiger partial charge >= 0.3 is 6.09 Å². The SMILES string of the molecule is CN(C)C(=O)/C=C/CN(CCOc1ccc(I)c(F)n1)C(=O)OC(C)(C)C. The van der Waals surface area contributed by atoms with E-state index in [4.69, 9.17) is 9.47 Å². The van der Waals surface area contributed by atoms with E-state index in [-0.39, 0.29) is 31.5 Å². The highest BCUT2D eigenvalue weighted by molar-refractivity contribution is 14.1. The van der Waals surface area contributed by atoms with E-state index >= 15 is 0 Å². The summed E-state index contributed by atoms with van der Waals surface area (Å²) in [6.45, 7) is 5.76. The molecule has 0 aliphatic rings. The summed E-state index contributed by atoms with van der Waals surface area (Å²) in [6, 6.07) is 3.11. The lowest BCUT2D eigenvalue weighted by Gasteiger charge is -2.26. The molecule has 0 unspecified atom stereocenters. The van der Waals surface area contributed by atoms with Gasteiger partial charge in [0.25, 0.3) is 0 Å². The molecule has 1 aromatic rings. The Bertz CT molecular complexity index is 690. The van der Waals surface area contributed by atoms with Crippen LogP contribution in [0.1, 0.15) is 20.8 Å². The third-order valence-electron chi connectivity index (χ3n) is 3.07. The van der Waals surface area contributed by atoms with Gasteiger partial charge in [0.1, 0.15) is 12.2 Å². The van der Waals surface area contributed by atoms with Crippen molar-refractivity contribution >= 4 is 34.6 Å². The monoisotopic (exact) mass is 493 g/mol. The first-order valence-corrected chi connectivity index (χ1v) is 9.38. The predicted molar refractivity (Wildman–Crippen MR) is 108 cm³/mol. The lowest BCUT2D eigenvalue weighted by Crippen LogP contribution is -2.39. The van der Waals surface area contributed by atoms with Gasteiger partial charge in [-0.3, -0.25) is 4.79 Å². The molecule has 2 amide bonds. The molecule has 0 saturated heterocycles. The Hall–Kier alpha value is -1.91. The van der Waals surface area contributed by atoms with Crippen LogP contribution in [-0.4, -0.2) is 66.2 Å². The number of halogens is 2. The van der Waals surface area contributed by atoms with Crippen LogP contribution in [0.15, 0.2) is 24.3 Å². The van der Waals surface area contributed by atoms with Gasteiger partial charge in [0.2, 0.25) is 17.7 Å². The summed E-state index contributed by atoms with van der Waals surface area (Å²) in [5.74, 6) is -0.661. The Kier molecular flexibility index (Phi) is 8.94. The highest BCUT2D eigenvalue weighted by Crippen LogP contribution is 2.14. The van der Waals surface area contributed by atoms with Crippen LogP contribution < -0.4 is 4.74 Å². The van der Waals surface area contributed by atoms with Crippen molar-refractivity contribution in [1.29, 1.82) is 0 Å². The fourth-order valence-corrected chi connectivity index (χ4v) is 2.06. The lowest BCUT2D eigenvalue weighted by atomic mass is 10.2. The summed E-state index contributed by atoms with van der Waals surface area (Å²) in [6.07, 6.45) is 2.43. The zero-order valence-corrected chi connectivity index (χ0v) is 18.3. The van der Waals surface area contributed by atoms with Crippen LogP contribution in [0, 0.1) is 9.52 Å². The molecule has 0 atom stereocenters. The molecule has 0 aromatic carbocycles. The van der Waals surface area contributed by atoms with Crippen LogP contribution in [-0.2, 0) is 9.53 Å². The second-order valence-corrected chi connectivity index (χ2v) is 7.99. The van der Waals surface area contributed by atoms with Crippen molar-refractivity contribution in [3.63, 3.8) is 0 Å². The van der Waals surface area contributed by atoms with Crippen molar-refractivity contribution in [2.24, 2.45) is 0 Å². The minimum Gasteiger partial charge on any atom is -0.476 e. The van der Waals surface area contributed by atoms with E-state index in [0.29, 0.717) is 3.57 Å². The number of pyridine rings is 1. The van der Waals surface area contributed by atoms with E-state index in [1.165, 1.54) is 15.9 Å². The van der Waals surface area contributed by atoms with E-state index in [2.05, 4.69) is 4.98 Å². The highest BCUT2D eigenvalue weighted by atomic mass is 127. The molecule has 1 heterocycles. The topological polar surface area (TPSA) is 72.0 Å². The minimum atomic E-state index is -0.653. The summed E-state index contributed by atoms with van der Waals surface area (Å²) in [5.41, 5.74) is -0.653. The Balaban J connectivity index is 2.70. The molecule has 1 rings (SSSR count). The number of likely N-dealkylation sites (N-methyl/N-ethyl adjacent to an activating group) is 1. The third-order valence-corrected chi connectivity index (χ3v) is 3.87. The van der Waals surface area contributed by atoms with E-state index in [0.717, 1.165) is 0 Å². The molecule has 0 radical (unpaired) electrons. The maximum atomic E-state index is 13.5. The van der Waals surface area contributed by atoms with Crippen LogP contribution in [0.2, 0.25) is 0 Å². The Morgan fingerprint density at radius 3 is 2.52 bits per heavy atom. The van der Waals surface area contributed by atoms with Gasteiger partial charge in [-0.25, -0.2) is 4.79 Å². The number of nitrogens with zero attached hydrogens (tertiary/aromatic N) is 3. The quantitative estimate of drug-likeness (QED) is 0.332. The molecular formula is C18H25FIN3O4. The summed E-state index contributed by atoms with van der Waals surface area (Å²) >= 11 is 1.83. The average Bonchev–Trinajstić information content (AvgIpc) is 2.54. The summed E-state index contributed by atoms with van der Waals surface area (Å²) in [4.78, 5) is 30.5. The first kappa shape index (κ1) is 23.1. The number of hydrogen-bond acceptors (Lipinski definition) is 5. The number of carbonyl (C=O) groups excluding carboxylic acids is 2. The number of ether oxygens (including phenoxy) is 2. The van der Waals surface area contributed by atoms with Crippen molar-refractivity contribution in [2.75, 3.05) is 33.8 Å². The van der Waals surface area contributed by atoms with Crippen molar-refractivity contribution in [3.8, 4) is 5.88 Å². The molecule has 27 heavy (non-hydrogen) atoms. The molecular weight excluding hydrogens is 468 g/mol. The molecule has 1 aromatic heterocycles. The molecule has 0 N–H and O–H groups in total. The van der Waals surface area contributed by atoms with E-state index < -0.39 is 17.6 Å². The lowest BCUT2D eigenvalue weighted by molar-refractivity contribution is -0.123. The van der Waals surface area contributed by atoms with Gasteiger partial charge in [-0.15, -0.1) is 0 Å². The van der Waals surface area contributed by atoms with Crippen molar-refractivity contribution < 1.29 is 23.5 Å². The number of amides is 2. The average molecular weight is 493 g/mol. The Morgan fingerprint density at radius 1 is 1.30 bits per heavy atom. The van der Waals surface area contributed by atoms with Gasteiger partial charge in [-0.2, -0.15) is 9.37 Å². The molecule has 0 aliphatic heterocycles. The zero-order chi connectivity index (χ0) is 20.6.